The van der Waals surface area contributed by atoms with Crippen LogP contribution >= 0.6 is 7.52 Å². The first kappa shape index (κ1) is 28.5. The molecule has 1 aromatic heterocycles. The minimum atomic E-state index is -3.91. The van der Waals surface area contributed by atoms with E-state index in [0.717, 1.165) is 10.8 Å². The van der Waals surface area contributed by atoms with Crippen molar-refractivity contribution in [3.63, 3.8) is 0 Å². The second kappa shape index (κ2) is 11.5. The van der Waals surface area contributed by atoms with Crippen LogP contribution in [0.4, 0.5) is 10.2 Å². The molecule has 1 unspecified atom stereocenters. The average Bonchev–Trinajstić information content (AvgIpc) is 3.08. The van der Waals surface area contributed by atoms with E-state index in [9.17, 15) is 19.3 Å². The van der Waals surface area contributed by atoms with Crippen molar-refractivity contribution in [2.24, 2.45) is 0 Å². The summed E-state index contributed by atoms with van der Waals surface area (Å²) >= 11 is 0. The Morgan fingerprint density at radius 1 is 1.38 bits per heavy atom. The molecule has 0 bridgehead atoms. The van der Waals surface area contributed by atoms with Gasteiger partial charge in [-0.2, -0.15) is 4.98 Å². The van der Waals surface area contributed by atoms with Gasteiger partial charge in [0, 0.05) is 6.20 Å². The Balaban J connectivity index is 1.86. The fourth-order valence-electron chi connectivity index (χ4n) is 3.71. The van der Waals surface area contributed by atoms with Gasteiger partial charge >= 0.3 is 11.7 Å². The molecule has 11 nitrogen and oxygen atoms in total. The van der Waals surface area contributed by atoms with Gasteiger partial charge in [-0.15, -0.1) is 6.42 Å². The van der Waals surface area contributed by atoms with Crippen molar-refractivity contribution in [3.05, 3.63) is 58.6 Å². The number of hydrogen-bond donors (Lipinski definition) is 3. The van der Waals surface area contributed by atoms with E-state index in [2.05, 4.69) is 16.0 Å². The third kappa shape index (κ3) is 6.63. The summed E-state index contributed by atoms with van der Waals surface area (Å²) in [5.74, 6) is 1.45. The number of nitrogens with one attached hydrogen (secondary N) is 1. The van der Waals surface area contributed by atoms with Gasteiger partial charge in [-0.1, -0.05) is 36.3 Å². The van der Waals surface area contributed by atoms with Crippen molar-refractivity contribution >= 4 is 19.3 Å². The van der Waals surface area contributed by atoms with E-state index in [1.54, 1.807) is 44.2 Å². The summed E-state index contributed by atoms with van der Waals surface area (Å²) in [5, 5.41) is 13.4. The zero-order valence-electron chi connectivity index (χ0n) is 20.6. The Labute approximate surface area is 213 Å². The predicted octanol–water partition coefficient (Wildman–Crippen LogP) is 1.76. The lowest BCUT2D eigenvalue weighted by atomic mass is 9.98. The van der Waals surface area contributed by atoms with Gasteiger partial charge in [0.05, 0.1) is 18.9 Å². The number of anilines is 1. The van der Waals surface area contributed by atoms with Crippen LogP contribution in [0.2, 0.25) is 0 Å². The molecule has 13 heteroatoms. The SMILES string of the molecule is C#C[C@]1(COP(=O)(Cc2ccccc2)N[C@@H](C)C(=O)OC(C)C)O[C@@H](n2ccc(N)nc2=O)[C@H](F)[C@@H]1O. The van der Waals surface area contributed by atoms with Crippen LogP contribution in [0.15, 0.2) is 47.4 Å². The zero-order chi connectivity index (χ0) is 27.4. The molecule has 0 radical (unpaired) electrons. The number of carbonyl (C=O) groups is 1. The fourth-order valence-corrected chi connectivity index (χ4v) is 5.75. The molecule has 1 fully saturated rings. The van der Waals surface area contributed by atoms with Gasteiger partial charge in [0.1, 0.15) is 18.0 Å². The van der Waals surface area contributed by atoms with Crippen LogP contribution in [0.5, 0.6) is 0 Å². The fraction of sp³-hybridized carbons (Fsp3) is 0.458. The topological polar surface area (TPSA) is 155 Å². The van der Waals surface area contributed by atoms with E-state index in [-0.39, 0.29) is 12.0 Å². The Bertz CT molecular complexity index is 1250. The smallest absolute Gasteiger partial charge is 0.351 e. The number of nitrogens with two attached hydrogens (primary N) is 1. The minimum absolute atomic E-state index is 0.0835. The second-order valence-corrected chi connectivity index (χ2v) is 11.1. The first-order valence-electron chi connectivity index (χ1n) is 11.5. The van der Waals surface area contributed by atoms with Crippen LogP contribution in [-0.4, -0.2) is 57.3 Å². The van der Waals surface area contributed by atoms with Gasteiger partial charge in [0.25, 0.3) is 7.52 Å². The normalized spacial score (nSPS) is 25.8. The van der Waals surface area contributed by atoms with E-state index in [1.807, 2.05) is 0 Å². The van der Waals surface area contributed by atoms with Crippen LogP contribution in [0.3, 0.4) is 0 Å². The summed E-state index contributed by atoms with van der Waals surface area (Å²) < 4.78 is 46.4. The maximum atomic E-state index is 15.1. The van der Waals surface area contributed by atoms with Gasteiger partial charge in [0.15, 0.2) is 18.0 Å². The molecule has 1 aliphatic rings. The Morgan fingerprint density at radius 3 is 2.65 bits per heavy atom. The molecule has 4 N–H and O–H groups in total. The van der Waals surface area contributed by atoms with Crippen molar-refractivity contribution in [1.82, 2.24) is 14.6 Å². The number of rotatable bonds is 10. The third-order valence-corrected chi connectivity index (χ3v) is 7.68. The highest BCUT2D eigenvalue weighted by Crippen LogP contribution is 2.49. The predicted molar refractivity (Wildman–Crippen MR) is 133 cm³/mol. The van der Waals surface area contributed by atoms with Crippen LogP contribution in [0, 0.1) is 12.3 Å². The average molecular weight is 536 g/mol. The molecule has 2 heterocycles. The monoisotopic (exact) mass is 536 g/mol. The van der Waals surface area contributed by atoms with Crippen molar-refractivity contribution in [3.8, 4) is 12.3 Å². The first-order valence-corrected chi connectivity index (χ1v) is 13.3. The van der Waals surface area contributed by atoms with Crippen LogP contribution < -0.4 is 16.5 Å². The number of aliphatic hydroxyl groups is 1. The van der Waals surface area contributed by atoms with E-state index >= 15 is 4.39 Å². The van der Waals surface area contributed by atoms with E-state index in [0.29, 0.717) is 5.56 Å². The highest BCUT2D eigenvalue weighted by Gasteiger charge is 2.56. The molecule has 6 atom stereocenters. The van der Waals surface area contributed by atoms with E-state index in [4.69, 9.17) is 26.2 Å². The molecule has 0 spiro atoms. The van der Waals surface area contributed by atoms with Crippen molar-refractivity contribution in [2.45, 2.75) is 63.2 Å². The minimum Gasteiger partial charge on any atom is -0.462 e. The van der Waals surface area contributed by atoms with Gasteiger partial charge in [-0.25, -0.2) is 14.3 Å². The van der Waals surface area contributed by atoms with Gasteiger partial charge in [-0.05, 0) is 32.4 Å². The molecule has 3 rings (SSSR count). The molecule has 0 amide bonds. The highest BCUT2D eigenvalue weighted by molar-refractivity contribution is 7.56. The number of aliphatic hydroxyl groups excluding tert-OH is 1. The van der Waals surface area contributed by atoms with Crippen molar-refractivity contribution in [2.75, 3.05) is 12.3 Å². The number of carbonyl (C=O) groups excluding carboxylic acids is 1. The standard InChI is InChI=1S/C24H30FN4O7P/c1-5-24(20(30)19(25)21(36-24)29-12-11-18(26)27-23(29)32)14-34-37(33,13-17-9-7-6-8-10-17)28-16(4)22(31)35-15(2)3/h1,6-12,15-16,19-21,30H,13-14H2,2-4H3,(H,28,33)(H2,26,27,32)/t16-,19+,20-,21+,24+,37?/m0/s1. The van der Waals surface area contributed by atoms with Crippen LogP contribution in [0.1, 0.15) is 32.6 Å². The Morgan fingerprint density at radius 2 is 2.05 bits per heavy atom. The van der Waals surface area contributed by atoms with Crippen molar-refractivity contribution in [1.29, 1.82) is 0 Å². The number of hydrogen-bond acceptors (Lipinski definition) is 9. The van der Waals surface area contributed by atoms with Gasteiger partial charge in [-0.3, -0.25) is 13.9 Å². The summed E-state index contributed by atoms with van der Waals surface area (Å²) in [4.78, 5) is 28.1. The van der Waals surface area contributed by atoms with E-state index < -0.39 is 62.0 Å². The van der Waals surface area contributed by atoms with E-state index in [1.165, 1.54) is 13.0 Å². The molecule has 2 aromatic rings. The quantitative estimate of drug-likeness (QED) is 0.232. The maximum absolute atomic E-state index is 15.1. The maximum Gasteiger partial charge on any atom is 0.351 e. The number of nitrogen functional groups attached to an aromatic ring is 1. The lowest BCUT2D eigenvalue weighted by Gasteiger charge is -2.30. The molecular formula is C24H30FN4O7P. The molecule has 1 aliphatic heterocycles. The number of alkyl halides is 1. The van der Waals surface area contributed by atoms with Gasteiger partial charge < -0.3 is 24.8 Å². The van der Waals surface area contributed by atoms with Crippen LogP contribution in [0.25, 0.3) is 0 Å². The second-order valence-electron chi connectivity index (χ2n) is 8.90. The van der Waals surface area contributed by atoms with Gasteiger partial charge in [0.2, 0.25) is 0 Å². The number of esters is 1. The number of benzene rings is 1. The third-order valence-electron chi connectivity index (χ3n) is 5.57. The summed E-state index contributed by atoms with van der Waals surface area (Å²) in [6.45, 7) is 4.08. The summed E-state index contributed by atoms with van der Waals surface area (Å²) in [6.07, 6.45) is 0.486. The van der Waals surface area contributed by atoms with Crippen molar-refractivity contribution < 1.29 is 32.9 Å². The molecule has 1 saturated heterocycles. The summed E-state index contributed by atoms with van der Waals surface area (Å²) in [6, 6.07) is 8.89. The number of ether oxygens (including phenoxy) is 2. The molecule has 1 aromatic carbocycles. The molecule has 200 valence electrons. The number of aromatic nitrogens is 2. The summed E-state index contributed by atoms with van der Waals surface area (Å²) in [7, 11) is -3.91. The Kier molecular flexibility index (Phi) is 8.89. The molecule has 0 saturated carbocycles. The number of nitrogens with zero attached hydrogens (tertiary/aromatic N) is 2. The lowest BCUT2D eigenvalue weighted by Crippen LogP contribution is -2.45. The summed E-state index contributed by atoms with van der Waals surface area (Å²) in [5.41, 5.74) is 3.07. The number of terminal acetylenes is 1. The Hall–Kier alpha value is -3.07. The highest BCUT2D eigenvalue weighted by atomic mass is 31.2. The molecule has 37 heavy (non-hydrogen) atoms. The van der Waals surface area contributed by atoms with Crippen LogP contribution in [-0.2, 0) is 29.5 Å². The first-order chi connectivity index (χ1) is 17.4. The molecular weight excluding hydrogens is 506 g/mol. The lowest BCUT2D eigenvalue weighted by molar-refractivity contribution is -0.149. The largest absolute Gasteiger partial charge is 0.462 e. The number of halogens is 1. The molecule has 0 aliphatic carbocycles. The zero-order valence-corrected chi connectivity index (χ0v) is 21.5.